The van der Waals surface area contributed by atoms with E-state index in [0.717, 1.165) is 18.5 Å². The Kier molecular flexibility index (Phi) is 6.89. The van der Waals surface area contributed by atoms with Gasteiger partial charge in [-0.25, -0.2) is 4.99 Å². The summed E-state index contributed by atoms with van der Waals surface area (Å²) in [6.45, 7) is 7.68. The highest BCUT2D eigenvalue weighted by molar-refractivity contribution is 5.77. The summed E-state index contributed by atoms with van der Waals surface area (Å²) in [5.41, 5.74) is 12.3. The SMILES string of the molecule is COc1ccc(CN=C(N)NCCc2c(C)cc(C)cc2C)cc1OC. The van der Waals surface area contributed by atoms with E-state index in [1.54, 1.807) is 14.2 Å². The Balaban J connectivity index is 1.91. The molecule has 3 N–H and O–H groups in total. The van der Waals surface area contributed by atoms with Gasteiger partial charge in [0, 0.05) is 6.54 Å². The van der Waals surface area contributed by atoms with Crippen LogP contribution in [0.3, 0.4) is 0 Å². The first kappa shape index (κ1) is 19.6. The monoisotopic (exact) mass is 355 g/mol. The van der Waals surface area contributed by atoms with E-state index in [0.29, 0.717) is 24.0 Å². The number of benzene rings is 2. The van der Waals surface area contributed by atoms with Gasteiger partial charge in [-0.15, -0.1) is 0 Å². The lowest BCUT2D eigenvalue weighted by molar-refractivity contribution is 0.354. The third-order valence-corrected chi connectivity index (χ3v) is 4.40. The predicted molar refractivity (Wildman–Crippen MR) is 107 cm³/mol. The topological polar surface area (TPSA) is 68.9 Å². The van der Waals surface area contributed by atoms with Gasteiger partial charge in [-0.1, -0.05) is 23.8 Å². The number of rotatable bonds is 7. The van der Waals surface area contributed by atoms with E-state index in [9.17, 15) is 0 Å². The van der Waals surface area contributed by atoms with Crippen LogP contribution in [0.5, 0.6) is 11.5 Å². The van der Waals surface area contributed by atoms with E-state index in [2.05, 4.69) is 43.2 Å². The van der Waals surface area contributed by atoms with E-state index in [1.807, 2.05) is 18.2 Å². The van der Waals surface area contributed by atoms with Gasteiger partial charge >= 0.3 is 0 Å². The number of nitrogens with two attached hydrogens (primary N) is 1. The number of aryl methyl sites for hydroxylation is 3. The van der Waals surface area contributed by atoms with Crippen LogP contribution < -0.4 is 20.5 Å². The van der Waals surface area contributed by atoms with E-state index in [-0.39, 0.29) is 0 Å². The van der Waals surface area contributed by atoms with Gasteiger partial charge in [-0.05, 0) is 61.6 Å². The maximum absolute atomic E-state index is 6.00. The second kappa shape index (κ2) is 9.13. The van der Waals surface area contributed by atoms with Crippen LogP contribution in [-0.4, -0.2) is 26.7 Å². The molecular weight excluding hydrogens is 326 g/mol. The molecule has 0 aliphatic heterocycles. The van der Waals surface area contributed by atoms with Crippen molar-refractivity contribution in [2.24, 2.45) is 10.7 Å². The van der Waals surface area contributed by atoms with Gasteiger partial charge in [0.2, 0.25) is 0 Å². The van der Waals surface area contributed by atoms with E-state index >= 15 is 0 Å². The highest BCUT2D eigenvalue weighted by Crippen LogP contribution is 2.27. The number of methoxy groups -OCH3 is 2. The quantitative estimate of drug-likeness (QED) is 0.591. The largest absolute Gasteiger partial charge is 0.493 e. The van der Waals surface area contributed by atoms with E-state index < -0.39 is 0 Å². The Morgan fingerprint density at radius 2 is 1.65 bits per heavy atom. The van der Waals surface area contributed by atoms with Crippen LogP contribution in [0, 0.1) is 20.8 Å². The second-order valence-corrected chi connectivity index (χ2v) is 6.44. The summed E-state index contributed by atoms with van der Waals surface area (Å²) in [5.74, 6) is 1.84. The maximum atomic E-state index is 6.00. The van der Waals surface area contributed by atoms with Crippen LogP contribution in [-0.2, 0) is 13.0 Å². The standard InChI is InChI=1S/C21H29N3O2/c1-14-10-15(2)18(16(3)11-14)8-9-23-21(22)24-13-17-6-7-19(25-4)20(12-17)26-5/h6-7,10-12H,8-9,13H2,1-5H3,(H3,22,23,24). The van der Waals surface area contributed by atoms with Crippen molar-refractivity contribution >= 4 is 5.96 Å². The minimum Gasteiger partial charge on any atom is -0.493 e. The second-order valence-electron chi connectivity index (χ2n) is 6.44. The van der Waals surface area contributed by atoms with Crippen molar-refractivity contribution < 1.29 is 9.47 Å². The van der Waals surface area contributed by atoms with Crippen LogP contribution >= 0.6 is 0 Å². The zero-order chi connectivity index (χ0) is 19.1. The molecule has 0 aliphatic carbocycles. The Hall–Kier alpha value is -2.69. The summed E-state index contributed by atoms with van der Waals surface area (Å²) in [7, 11) is 3.24. The van der Waals surface area contributed by atoms with Crippen LogP contribution in [0.15, 0.2) is 35.3 Å². The van der Waals surface area contributed by atoms with Crippen molar-refractivity contribution in [3.63, 3.8) is 0 Å². The van der Waals surface area contributed by atoms with Gasteiger partial charge in [0.25, 0.3) is 0 Å². The van der Waals surface area contributed by atoms with Crippen LogP contribution in [0.2, 0.25) is 0 Å². The lowest BCUT2D eigenvalue weighted by Crippen LogP contribution is -2.33. The number of guanidine groups is 1. The Morgan fingerprint density at radius 3 is 2.27 bits per heavy atom. The van der Waals surface area contributed by atoms with Crippen LogP contribution in [0.25, 0.3) is 0 Å². The number of ether oxygens (including phenoxy) is 2. The normalized spacial score (nSPS) is 11.3. The fourth-order valence-electron chi connectivity index (χ4n) is 3.13. The molecule has 0 saturated carbocycles. The molecule has 0 aromatic heterocycles. The molecule has 0 fully saturated rings. The predicted octanol–water partition coefficient (Wildman–Crippen LogP) is 3.28. The zero-order valence-electron chi connectivity index (χ0n) is 16.3. The molecule has 0 unspecified atom stereocenters. The van der Waals surface area contributed by atoms with Gasteiger partial charge in [0.15, 0.2) is 17.5 Å². The molecule has 0 amide bonds. The molecular formula is C21H29N3O2. The Labute approximate surface area is 156 Å². The molecule has 0 radical (unpaired) electrons. The van der Waals surface area contributed by atoms with E-state index in [1.165, 1.54) is 22.3 Å². The van der Waals surface area contributed by atoms with Crippen molar-refractivity contribution in [2.75, 3.05) is 20.8 Å². The molecule has 2 rings (SSSR count). The zero-order valence-corrected chi connectivity index (χ0v) is 16.3. The van der Waals surface area contributed by atoms with Gasteiger partial charge in [-0.3, -0.25) is 0 Å². The molecule has 0 atom stereocenters. The third kappa shape index (κ3) is 5.15. The average molecular weight is 355 g/mol. The Morgan fingerprint density at radius 1 is 1.00 bits per heavy atom. The lowest BCUT2D eigenvalue weighted by atomic mass is 9.97. The van der Waals surface area contributed by atoms with Crippen molar-refractivity contribution in [2.45, 2.75) is 33.7 Å². The fraction of sp³-hybridized carbons (Fsp3) is 0.381. The summed E-state index contributed by atoms with van der Waals surface area (Å²) in [5, 5.41) is 3.19. The third-order valence-electron chi connectivity index (χ3n) is 4.40. The smallest absolute Gasteiger partial charge is 0.188 e. The number of hydrogen-bond donors (Lipinski definition) is 2. The van der Waals surface area contributed by atoms with Crippen molar-refractivity contribution in [3.8, 4) is 11.5 Å². The summed E-state index contributed by atoms with van der Waals surface area (Å²) < 4.78 is 10.5. The van der Waals surface area contributed by atoms with Gasteiger partial charge in [0.05, 0.1) is 20.8 Å². The van der Waals surface area contributed by atoms with E-state index in [4.69, 9.17) is 15.2 Å². The average Bonchev–Trinajstić information content (AvgIpc) is 2.61. The summed E-state index contributed by atoms with van der Waals surface area (Å²) in [6.07, 6.45) is 0.921. The minimum absolute atomic E-state index is 0.446. The van der Waals surface area contributed by atoms with Crippen molar-refractivity contribution in [1.29, 1.82) is 0 Å². The molecule has 140 valence electrons. The first-order valence-corrected chi connectivity index (χ1v) is 8.76. The first-order valence-electron chi connectivity index (χ1n) is 8.76. The lowest BCUT2D eigenvalue weighted by Gasteiger charge is -2.12. The highest BCUT2D eigenvalue weighted by atomic mass is 16.5. The van der Waals surface area contributed by atoms with Crippen LogP contribution in [0.4, 0.5) is 0 Å². The summed E-state index contributed by atoms with van der Waals surface area (Å²) in [6, 6.07) is 10.2. The summed E-state index contributed by atoms with van der Waals surface area (Å²) >= 11 is 0. The highest BCUT2D eigenvalue weighted by Gasteiger charge is 2.05. The van der Waals surface area contributed by atoms with Gasteiger partial charge in [-0.2, -0.15) is 0 Å². The number of hydrogen-bond acceptors (Lipinski definition) is 3. The summed E-state index contributed by atoms with van der Waals surface area (Å²) in [4.78, 5) is 4.40. The molecule has 26 heavy (non-hydrogen) atoms. The van der Waals surface area contributed by atoms with Crippen molar-refractivity contribution in [3.05, 3.63) is 58.1 Å². The fourth-order valence-corrected chi connectivity index (χ4v) is 3.13. The number of nitrogens with one attached hydrogen (secondary N) is 1. The van der Waals surface area contributed by atoms with Gasteiger partial charge in [0.1, 0.15) is 0 Å². The van der Waals surface area contributed by atoms with Gasteiger partial charge < -0.3 is 20.5 Å². The molecule has 0 spiro atoms. The molecule has 0 saturated heterocycles. The van der Waals surface area contributed by atoms with Crippen molar-refractivity contribution in [1.82, 2.24) is 5.32 Å². The Bertz CT molecular complexity index is 762. The molecule has 5 nitrogen and oxygen atoms in total. The minimum atomic E-state index is 0.446. The molecule has 0 heterocycles. The number of aliphatic imine (C=N–C) groups is 1. The molecule has 2 aromatic rings. The molecule has 0 bridgehead atoms. The first-order chi connectivity index (χ1) is 12.4. The molecule has 5 heteroatoms. The number of nitrogens with zero attached hydrogens (tertiary/aromatic N) is 1. The van der Waals surface area contributed by atoms with Crippen LogP contribution in [0.1, 0.15) is 27.8 Å². The molecule has 0 aliphatic rings. The maximum Gasteiger partial charge on any atom is 0.188 e. The molecule has 2 aromatic carbocycles.